The van der Waals surface area contributed by atoms with E-state index >= 15 is 0 Å². The summed E-state index contributed by atoms with van der Waals surface area (Å²) in [6.45, 7) is 5.36. The summed E-state index contributed by atoms with van der Waals surface area (Å²) in [4.78, 5) is 9.44. The quantitative estimate of drug-likeness (QED) is 0.806. The van der Waals surface area contributed by atoms with Crippen LogP contribution in [0.15, 0.2) is 42.6 Å². The number of hydrogen-bond acceptors (Lipinski definition) is 3. The van der Waals surface area contributed by atoms with E-state index in [1.165, 1.54) is 17.5 Å². The third-order valence-electron chi connectivity index (χ3n) is 4.63. The lowest BCUT2D eigenvalue weighted by Gasteiger charge is -2.13. The lowest BCUT2D eigenvalue weighted by atomic mass is 10.1. The fraction of sp³-hybridized carbons (Fsp3) is 0.368. The van der Waals surface area contributed by atoms with Crippen LogP contribution in [0.3, 0.4) is 0 Å². The third kappa shape index (κ3) is 2.99. The highest BCUT2D eigenvalue weighted by Crippen LogP contribution is 2.21. The molecule has 0 bridgehead atoms. The molecule has 4 rings (SSSR count). The van der Waals surface area contributed by atoms with Crippen LogP contribution < -0.4 is 5.32 Å². The van der Waals surface area contributed by atoms with Gasteiger partial charge in [0, 0.05) is 19.2 Å². The Morgan fingerprint density at radius 1 is 1.26 bits per heavy atom. The number of imidazole rings is 1. The van der Waals surface area contributed by atoms with Crippen LogP contribution in [0.1, 0.15) is 23.4 Å². The Morgan fingerprint density at radius 3 is 3.04 bits per heavy atom. The second-order valence-corrected chi connectivity index (χ2v) is 6.51. The first-order chi connectivity index (χ1) is 11.3. The minimum Gasteiger partial charge on any atom is -0.316 e. The zero-order valence-corrected chi connectivity index (χ0v) is 13.5. The van der Waals surface area contributed by atoms with E-state index < -0.39 is 0 Å². The average molecular weight is 306 g/mol. The van der Waals surface area contributed by atoms with Crippen molar-refractivity contribution in [3.63, 3.8) is 0 Å². The molecule has 1 atom stereocenters. The van der Waals surface area contributed by atoms with Gasteiger partial charge in [0.2, 0.25) is 0 Å². The zero-order valence-electron chi connectivity index (χ0n) is 13.5. The Balaban J connectivity index is 1.72. The fourth-order valence-electron chi connectivity index (χ4n) is 3.47. The van der Waals surface area contributed by atoms with Crippen molar-refractivity contribution in [1.82, 2.24) is 19.9 Å². The predicted octanol–water partition coefficient (Wildman–Crippen LogP) is 2.94. The number of aryl methyl sites for hydroxylation is 1. The van der Waals surface area contributed by atoms with Gasteiger partial charge in [-0.05, 0) is 50.0 Å². The minimum atomic E-state index is 0.672. The first kappa shape index (κ1) is 14.4. The van der Waals surface area contributed by atoms with Crippen molar-refractivity contribution < 1.29 is 0 Å². The van der Waals surface area contributed by atoms with Crippen molar-refractivity contribution in [3.8, 4) is 0 Å². The van der Waals surface area contributed by atoms with Crippen LogP contribution in [-0.4, -0.2) is 27.6 Å². The molecule has 4 nitrogen and oxygen atoms in total. The second-order valence-electron chi connectivity index (χ2n) is 6.51. The van der Waals surface area contributed by atoms with Gasteiger partial charge in [0.05, 0.1) is 0 Å². The molecule has 3 heterocycles. The van der Waals surface area contributed by atoms with Crippen molar-refractivity contribution >= 4 is 11.2 Å². The van der Waals surface area contributed by atoms with Crippen molar-refractivity contribution in [2.45, 2.75) is 26.3 Å². The van der Waals surface area contributed by atoms with Crippen molar-refractivity contribution in [1.29, 1.82) is 0 Å². The average Bonchev–Trinajstić information content (AvgIpc) is 3.17. The monoisotopic (exact) mass is 306 g/mol. The normalized spacial score (nSPS) is 17.9. The van der Waals surface area contributed by atoms with Crippen LogP contribution >= 0.6 is 0 Å². The van der Waals surface area contributed by atoms with Gasteiger partial charge in [-0.3, -0.25) is 0 Å². The Morgan fingerprint density at radius 2 is 2.22 bits per heavy atom. The molecule has 0 radical (unpaired) electrons. The van der Waals surface area contributed by atoms with E-state index in [4.69, 9.17) is 4.98 Å². The molecule has 118 valence electrons. The molecule has 0 saturated carbocycles. The summed E-state index contributed by atoms with van der Waals surface area (Å²) < 4.78 is 2.33. The van der Waals surface area contributed by atoms with Gasteiger partial charge in [-0.1, -0.05) is 29.8 Å². The van der Waals surface area contributed by atoms with E-state index in [0.717, 1.165) is 43.0 Å². The van der Waals surface area contributed by atoms with Crippen LogP contribution in [-0.2, 0) is 13.0 Å². The maximum absolute atomic E-state index is 4.86. The smallest absolute Gasteiger partial charge is 0.160 e. The van der Waals surface area contributed by atoms with E-state index in [1.807, 2.05) is 12.3 Å². The maximum Gasteiger partial charge on any atom is 0.160 e. The lowest BCUT2D eigenvalue weighted by Crippen LogP contribution is -2.16. The molecular weight excluding hydrogens is 284 g/mol. The Labute approximate surface area is 136 Å². The van der Waals surface area contributed by atoms with Crippen molar-refractivity contribution in [2.75, 3.05) is 13.1 Å². The van der Waals surface area contributed by atoms with Gasteiger partial charge in [0.25, 0.3) is 0 Å². The molecule has 1 saturated heterocycles. The molecule has 1 N–H and O–H groups in total. The highest BCUT2D eigenvalue weighted by molar-refractivity contribution is 5.71. The van der Waals surface area contributed by atoms with Crippen molar-refractivity contribution in [2.24, 2.45) is 5.92 Å². The molecule has 2 aromatic heterocycles. The van der Waals surface area contributed by atoms with Gasteiger partial charge in [-0.2, -0.15) is 0 Å². The molecule has 4 heteroatoms. The minimum absolute atomic E-state index is 0.672. The number of rotatable bonds is 4. The second kappa shape index (κ2) is 6.13. The third-order valence-corrected chi connectivity index (χ3v) is 4.63. The SMILES string of the molecule is Cc1cccc(Cc2nc3cccnc3n2CC2CCNC2)c1. The number of pyridine rings is 1. The summed E-state index contributed by atoms with van der Waals surface area (Å²) in [5.74, 6) is 1.79. The number of fused-ring (bicyclic) bond motifs is 1. The maximum atomic E-state index is 4.86. The molecule has 1 unspecified atom stereocenters. The summed E-state index contributed by atoms with van der Waals surface area (Å²) in [5.41, 5.74) is 4.62. The molecule has 0 aliphatic carbocycles. The molecule has 1 aliphatic heterocycles. The summed E-state index contributed by atoms with van der Waals surface area (Å²) in [6.07, 6.45) is 3.96. The molecular formula is C19H22N4. The van der Waals surface area contributed by atoms with Crippen LogP contribution in [0.2, 0.25) is 0 Å². The number of benzene rings is 1. The Hall–Kier alpha value is -2.20. The van der Waals surface area contributed by atoms with E-state index in [-0.39, 0.29) is 0 Å². The Kier molecular flexibility index (Phi) is 3.83. The van der Waals surface area contributed by atoms with Gasteiger partial charge in [0.15, 0.2) is 5.65 Å². The van der Waals surface area contributed by atoms with E-state index in [2.05, 4.69) is 52.1 Å². The summed E-state index contributed by atoms with van der Waals surface area (Å²) in [5, 5.41) is 3.46. The molecule has 23 heavy (non-hydrogen) atoms. The molecule has 1 aromatic carbocycles. The van der Waals surface area contributed by atoms with Crippen molar-refractivity contribution in [3.05, 3.63) is 59.5 Å². The summed E-state index contributed by atoms with van der Waals surface area (Å²) in [7, 11) is 0. The lowest BCUT2D eigenvalue weighted by molar-refractivity contribution is 0.478. The van der Waals surface area contributed by atoms with Gasteiger partial charge in [0.1, 0.15) is 11.3 Å². The van der Waals surface area contributed by atoms with E-state index in [9.17, 15) is 0 Å². The molecule has 1 fully saturated rings. The van der Waals surface area contributed by atoms with E-state index in [0.29, 0.717) is 5.92 Å². The van der Waals surface area contributed by atoms with Gasteiger partial charge in [-0.15, -0.1) is 0 Å². The van der Waals surface area contributed by atoms with Crippen LogP contribution in [0.25, 0.3) is 11.2 Å². The summed E-state index contributed by atoms with van der Waals surface area (Å²) >= 11 is 0. The van der Waals surface area contributed by atoms with Crippen LogP contribution in [0.5, 0.6) is 0 Å². The van der Waals surface area contributed by atoms with Gasteiger partial charge in [-0.25, -0.2) is 9.97 Å². The van der Waals surface area contributed by atoms with Gasteiger partial charge >= 0.3 is 0 Å². The standard InChI is InChI=1S/C19H22N4/c1-14-4-2-5-15(10-14)11-18-22-17-6-3-8-21-19(17)23(18)13-16-7-9-20-12-16/h2-6,8,10,16,20H,7,9,11-13H2,1H3. The largest absolute Gasteiger partial charge is 0.316 e. The molecule has 3 aromatic rings. The van der Waals surface area contributed by atoms with E-state index in [1.54, 1.807) is 0 Å². The first-order valence-corrected chi connectivity index (χ1v) is 8.36. The number of nitrogens with zero attached hydrogens (tertiary/aromatic N) is 3. The fourth-order valence-corrected chi connectivity index (χ4v) is 3.47. The predicted molar refractivity (Wildman–Crippen MR) is 92.5 cm³/mol. The molecule has 0 amide bonds. The number of nitrogens with one attached hydrogen (secondary N) is 1. The Bertz CT molecular complexity index is 815. The number of aromatic nitrogens is 3. The highest BCUT2D eigenvalue weighted by atomic mass is 15.1. The van der Waals surface area contributed by atoms with Crippen LogP contribution in [0.4, 0.5) is 0 Å². The first-order valence-electron chi connectivity index (χ1n) is 8.36. The van der Waals surface area contributed by atoms with Gasteiger partial charge < -0.3 is 9.88 Å². The van der Waals surface area contributed by atoms with Crippen LogP contribution in [0, 0.1) is 12.8 Å². The molecule has 0 spiro atoms. The number of hydrogen-bond donors (Lipinski definition) is 1. The summed E-state index contributed by atoms with van der Waals surface area (Å²) in [6, 6.07) is 12.7. The topological polar surface area (TPSA) is 42.7 Å². The highest BCUT2D eigenvalue weighted by Gasteiger charge is 2.19. The zero-order chi connectivity index (χ0) is 15.6. The molecule has 1 aliphatic rings.